The molecule has 0 unspecified atom stereocenters. The second kappa shape index (κ2) is 4.76. The molecule has 0 bridgehead atoms. The van der Waals surface area contributed by atoms with E-state index >= 15 is 0 Å². The summed E-state index contributed by atoms with van der Waals surface area (Å²) in [6.45, 7) is 7.26. The highest BCUT2D eigenvalue weighted by Crippen LogP contribution is 2.44. The van der Waals surface area contributed by atoms with Crippen molar-refractivity contribution < 1.29 is 19.1 Å². The summed E-state index contributed by atoms with van der Waals surface area (Å²) >= 11 is 0. The minimum absolute atomic E-state index is 0.0102. The molecule has 2 aliphatic rings. The smallest absolute Gasteiger partial charge is 0.334 e. The van der Waals surface area contributed by atoms with Crippen molar-refractivity contribution in [3.63, 3.8) is 0 Å². The van der Waals surface area contributed by atoms with Crippen LogP contribution in [0.4, 0.5) is 0 Å². The van der Waals surface area contributed by atoms with Crippen molar-refractivity contribution in [1.82, 2.24) is 0 Å². The molecular weight excluding hydrogens is 244 g/mol. The van der Waals surface area contributed by atoms with Gasteiger partial charge in [-0.05, 0) is 13.0 Å². The van der Waals surface area contributed by atoms with Gasteiger partial charge in [-0.1, -0.05) is 19.6 Å². The molecule has 4 nitrogen and oxygen atoms in total. The van der Waals surface area contributed by atoms with E-state index in [-0.39, 0.29) is 30.0 Å². The average molecular weight is 262 g/mol. The Morgan fingerprint density at radius 3 is 2.84 bits per heavy atom. The van der Waals surface area contributed by atoms with Crippen molar-refractivity contribution in [2.75, 3.05) is 0 Å². The molecule has 1 aliphatic heterocycles. The largest absolute Gasteiger partial charge is 0.458 e. The van der Waals surface area contributed by atoms with Gasteiger partial charge in [0, 0.05) is 36.2 Å². The van der Waals surface area contributed by atoms with Crippen molar-refractivity contribution in [1.29, 1.82) is 0 Å². The van der Waals surface area contributed by atoms with Crippen LogP contribution in [0.1, 0.15) is 33.1 Å². The van der Waals surface area contributed by atoms with Gasteiger partial charge in [0.25, 0.3) is 0 Å². The van der Waals surface area contributed by atoms with Crippen LogP contribution in [0, 0.1) is 11.3 Å². The third-order valence-electron chi connectivity index (χ3n) is 4.07. The fraction of sp³-hybridized carbons (Fsp3) is 0.533. The van der Waals surface area contributed by atoms with Crippen molar-refractivity contribution in [2.45, 2.75) is 39.2 Å². The Hall–Kier alpha value is -1.71. The van der Waals surface area contributed by atoms with Gasteiger partial charge in [0.2, 0.25) is 0 Å². The normalized spacial score (nSPS) is 34.5. The second-order valence-corrected chi connectivity index (χ2v) is 5.48. The summed E-state index contributed by atoms with van der Waals surface area (Å²) in [5.74, 6) is -0.568. The molecule has 1 heterocycles. The monoisotopic (exact) mass is 262 g/mol. The zero-order chi connectivity index (χ0) is 14.2. The topological polar surface area (TPSA) is 60.4 Å². The van der Waals surface area contributed by atoms with Crippen molar-refractivity contribution in [2.24, 2.45) is 11.3 Å². The quantitative estimate of drug-likeness (QED) is 0.576. The first-order valence-electron chi connectivity index (χ1n) is 6.52. The first-order chi connectivity index (χ1) is 8.87. The van der Waals surface area contributed by atoms with Crippen molar-refractivity contribution in [3.8, 4) is 0 Å². The zero-order valence-electron chi connectivity index (χ0n) is 11.3. The number of fused-ring (bicyclic) bond motifs is 1. The fourth-order valence-electron chi connectivity index (χ4n) is 2.63. The molecule has 19 heavy (non-hydrogen) atoms. The van der Waals surface area contributed by atoms with Gasteiger partial charge in [-0.3, -0.25) is 9.59 Å². The minimum Gasteiger partial charge on any atom is -0.458 e. The van der Waals surface area contributed by atoms with Crippen molar-refractivity contribution in [3.05, 3.63) is 24.3 Å². The summed E-state index contributed by atoms with van der Waals surface area (Å²) in [6.07, 6.45) is 3.93. The molecule has 0 aromatic rings. The number of carbonyl (C=O) groups is 3. The Labute approximate surface area is 112 Å². The molecule has 1 aliphatic carbocycles. The van der Waals surface area contributed by atoms with Gasteiger partial charge < -0.3 is 4.74 Å². The van der Waals surface area contributed by atoms with Crippen LogP contribution in [-0.2, 0) is 19.1 Å². The van der Waals surface area contributed by atoms with Gasteiger partial charge in [0.15, 0.2) is 5.78 Å². The number of esters is 1. The van der Waals surface area contributed by atoms with Crippen LogP contribution in [0.3, 0.4) is 0 Å². The Kier molecular flexibility index (Phi) is 3.43. The highest BCUT2D eigenvalue weighted by molar-refractivity contribution is 5.96. The van der Waals surface area contributed by atoms with Gasteiger partial charge >= 0.3 is 5.97 Å². The fourth-order valence-corrected chi connectivity index (χ4v) is 2.63. The minimum atomic E-state index is -0.725. The highest BCUT2D eigenvalue weighted by Gasteiger charge is 2.50. The number of hydrogen-bond acceptors (Lipinski definition) is 4. The van der Waals surface area contributed by atoms with Crippen LogP contribution < -0.4 is 0 Å². The zero-order valence-corrected chi connectivity index (χ0v) is 11.3. The molecule has 0 aromatic carbocycles. The van der Waals surface area contributed by atoms with E-state index in [1.54, 1.807) is 19.9 Å². The van der Waals surface area contributed by atoms with E-state index < -0.39 is 11.4 Å². The highest BCUT2D eigenvalue weighted by atomic mass is 16.6. The van der Waals surface area contributed by atoms with Crippen LogP contribution in [0.15, 0.2) is 24.3 Å². The summed E-state index contributed by atoms with van der Waals surface area (Å²) in [5, 5.41) is 0. The maximum atomic E-state index is 12.2. The van der Waals surface area contributed by atoms with Gasteiger partial charge in [-0.15, -0.1) is 0 Å². The Morgan fingerprint density at radius 2 is 2.21 bits per heavy atom. The van der Waals surface area contributed by atoms with Crippen molar-refractivity contribution >= 4 is 17.5 Å². The molecule has 0 aromatic heterocycles. The van der Waals surface area contributed by atoms with Gasteiger partial charge in [0.05, 0.1) is 0 Å². The SMILES string of the molecule is C=C1C(=O)O[C@H]2C[C@](C)(/C=C/C(=O)CC)C(=O)C[C@@H]12. The lowest BCUT2D eigenvalue weighted by atomic mass is 9.68. The lowest BCUT2D eigenvalue weighted by Crippen LogP contribution is -2.40. The van der Waals surface area contributed by atoms with E-state index in [2.05, 4.69) is 6.58 Å². The molecule has 1 saturated heterocycles. The van der Waals surface area contributed by atoms with Crippen LogP contribution >= 0.6 is 0 Å². The molecule has 0 radical (unpaired) electrons. The maximum absolute atomic E-state index is 12.2. The van der Waals surface area contributed by atoms with E-state index in [0.717, 1.165) is 0 Å². The van der Waals surface area contributed by atoms with Gasteiger partial charge in [-0.2, -0.15) is 0 Å². The van der Waals surface area contributed by atoms with Gasteiger partial charge in [0.1, 0.15) is 11.9 Å². The van der Waals surface area contributed by atoms with Crippen LogP contribution in [0.5, 0.6) is 0 Å². The number of Topliss-reactive ketones (excluding diaryl/α,β-unsaturated/α-hetero) is 1. The third kappa shape index (κ3) is 2.39. The number of hydrogen-bond donors (Lipinski definition) is 0. The van der Waals surface area contributed by atoms with E-state index in [0.29, 0.717) is 18.4 Å². The lowest BCUT2D eigenvalue weighted by Gasteiger charge is -2.35. The standard InChI is InChI=1S/C15H18O4/c1-4-10(16)5-6-15(3)8-12-11(7-13(15)17)9(2)14(18)19-12/h5-6,11-12H,2,4,7-8H2,1,3H3/b6-5+/t11-,12-,15-/m0/s1. The number of ketones is 2. The van der Waals surface area contributed by atoms with E-state index in [4.69, 9.17) is 4.74 Å². The molecular formula is C15H18O4. The molecule has 0 spiro atoms. The molecule has 102 valence electrons. The second-order valence-electron chi connectivity index (χ2n) is 5.48. The lowest BCUT2D eigenvalue weighted by molar-refractivity contribution is -0.144. The van der Waals surface area contributed by atoms with E-state index in [1.807, 2.05) is 0 Å². The summed E-state index contributed by atoms with van der Waals surface area (Å²) in [7, 11) is 0. The van der Waals surface area contributed by atoms with E-state index in [1.165, 1.54) is 6.08 Å². The predicted octanol–water partition coefficient (Wildman–Crippen LogP) is 1.99. The summed E-state index contributed by atoms with van der Waals surface area (Å²) in [4.78, 5) is 35.0. The summed E-state index contributed by atoms with van der Waals surface area (Å²) in [5.41, 5.74) is -0.328. The van der Waals surface area contributed by atoms with Crippen LogP contribution in [-0.4, -0.2) is 23.6 Å². The molecule has 2 rings (SSSR count). The number of rotatable bonds is 3. The Balaban J connectivity index is 2.19. The predicted molar refractivity (Wildman–Crippen MR) is 69.3 cm³/mol. The van der Waals surface area contributed by atoms with Gasteiger partial charge in [-0.25, -0.2) is 4.79 Å². The molecule has 0 amide bonds. The molecule has 1 saturated carbocycles. The number of carbonyl (C=O) groups excluding carboxylic acids is 3. The molecule has 0 N–H and O–H groups in total. The Morgan fingerprint density at radius 1 is 1.53 bits per heavy atom. The summed E-state index contributed by atoms with van der Waals surface area (Å²) < 4.78 is 5.24. The average Bonchev–Trinajstić information content (AvgIpc) is 2.63. The van der Waals surface area contributed by atoms with Crippen LogP contribution in [0.2, 0.25) is 0 Å². The number of ether oxygens (including phenoxy) is 1. The number of allylic oxidation sites excluding steroid dienone is 2. The molecule has 4 heteroatoms. The first-order valence-corrected chi connectivity index (χ1v) is 6.52. The molecule has 2 fully saturated rings. The third-order valence-corrected chi connectivity index (χ3v) is 4.07. The molecule has 3 atom stereocenters. The first kappa shape index (κ1) is 13.7. The van der Waals surface area contributed by atoms with Crippen LogP contribution in [0.25, 0.3) is 0 Å². The maximum Gasteiger partial charge on any atom is 0.334 e. The van der Waals surface area contributed by atoms with E-state index in [9.17, 15) is 14.4 Å². The Bertz CT molecular complexity index is 488. The summed E-state index contributed by atoms with van der Waals surface area (Å²) in [6, 6.07) is 0.